The summed E-state index contributed by atoms with van der Waals surface area (Å²) < 4.78 is 12.0. The molecule has 11 nitrogen and oxygen atoms in total. The van der Waals surface area contributed by atoms with Crippen LogP contribution in [0, 0.1) is 23.7 Å². The molecule has 0 saturated heterocycles. The Morgan fingerprint density at radius 1 is 1.02 bits per heavy atom. The lowest BCUT2D eigenvalue weighted by Crippen LogP contribution is -2.27. The van der Waals surface area contributed by atoms with Crippen molar-refractivity contribution in [3.05, 3.63) is 147 Å². The summed E-state index contributed by atoms with van der Waals surface area (Å²) in [7, 11) is 0. The van der Waals surface area contributed by atoms with Crippen LogP contribution in [0.4, 0.5) is 5.69 Å². The van der Waals surface area contributed by atoms with E-state index in [1.165, 1.54) is 24.3 Å². The number of nitrogens with zero attached hydrogens (tertiary/aromatic N) is 1. The molecule has 0 aromatic heterocycles. The molecule has 264 valence electrons. The van der Waals surface area contributed by atoms with Crippen molar-refractivity contribution in [1.82, 2.24) is 5.32 Å². The smallest absolute Gasteiger partial charge is 0.340 e. The maximum atomic E-state index is 13.2. The van der Waals surface area contributed by atoms with E-state index in [4.69, 9.17) is 15.9 Å². The number of rotatable bonds is 10. The van der Waals surface area contributed by atoms with Gasteiger partial charge in [-0.15, -0.1) is 12.3 Å². The average molecular weight is 700 g/mol. The fraction of sp³-hybridized carbons (Fsp3) is 0.220. The first-order valence-electron chi connectivity index (χ1n) is 16.6. The van der Waals surface area contributed by atoms with Gasteiger partial charge in [-0.05, 0) is 79.0 Å². The van der Waals surface area contributed by atoms with Crippen molar-refractivity contribution in [2.24, 2.45) is 0 Å². The van der Waals surface area contributed by atoms with E-state index in [2.05, 4.69) is 16.6 Å². The zero-order valence-corrected chi connectivity index (χ0v) is 28.4. The van der Waals surface area contributed by atoms with Crippen LogP contribution in [0.3, 0.4) is 0 Å². The molecular formula is C41H37N3O8. The quantitative estimate of drug-likeness (QED) is 0.0576. The van der Waals surface area contributed by atoms with Crippen molar-refractivity contribution in [3.63, 3.8) is 0 Å². The van der Waals surface area contributed by atoms with Crippen LogP contribution in [0.25, 0.3) is 0 Å². The highest BCUT2D eigenvalue weighted by Gasteiger charge is 2.47. The molecular weight excluding hydrogens is 662 g/mol. The van der Waals surface area contributed by atoms with Gasteiger partial charge in [-0.3, -0.25) is 9.59 Å². The minimum Gasteiger partial charge on any atom is -0.511 e. The van der Waals surface area contributed by atoms with Gasteiger partial charge >= 0.3 is 5.97 Å². The molecule has 0 fully saturated rings. The Morgan fingerprint density at radius 3 is 2.52 bits per heavy atom. The number of aryl methyl sites for hydroxylation is 1. The van der Waals surface area contributed by atoms with Crippen LogP contribution in [-0.2, 0) is 37.6 Å². The van der Waals surface area contributed by atoms with Crippen LogP contribution >= 0.6 is 0 Å². The number of nitriles is 1. The minimum absolute atomic E-state index is 0.0296. The molecule has 2 bridgehead atoms. The Labute approximate surface area is 301 Å². The molecule has 2 aromatic rings. The zero-order chi connectivity index (χ0) is 37.3. The molecule has 3 aliphatic rings. The fourth-order valence-electron chi connectivity index (χ4n) is 5.96. The van der Waals surface area contributed by atoms with Crippen molar-refractivity contribution in [2.75, 3.05) is 5.32 Å². The second-order valence-electron chi connectivity index (χ2n) is 12.3. The van der Waals surface area contributed by atoms with E-state index in [-0.39, 0.29) is 55.4 Å². The van der Waals surface area contributed by atoms with Crippen LogP contribution in [0.15, 0.2) is 125 Å². The summed E-state index contributed by atoms with van der Waals surface area (Å²) in [5.41, 5.74) is 1.88. The van der Waals surface area contributed by atoms with Crippen LogP contribution in [0.2, 0.25) is 0 Å². The highest BCUT2D eigenvalue weighted by Crippen LogP contribution is 2.47. The third-order valence-corrected chi connectivity index (χ3v) is 8.51. The Hall–Kier alpha value is -6.72. The van der Waals surface area contributed by atoms with Crippen molar-refractivity contribution in [3.8, 4) is 18.4 Å². The van der Waals surface area contributed by atoms with Gasteiger partial charge in [-0.2, -0.15) is 5.26 Å². The molecule has 52 heavy (non-hydrogen) atoms. The zero-order valence-electron chi connectivity index (χ0n) is 28.4. The highest BCUT2D eigenvalue weighted by atomic mass is 16.6. The number of benzene rings is 2. The third kappa shape index (κ3) is 8.70. The summed E-state index contributed by atoms with van der Waals surface area (Å²) in [5.74, 6) is 1.23. The van der Waals surface area contributed by atoms with E-state index in [0.717, 1.165) is 11.1 Å². The monoisotopic (exact) mass is 699 g/mol. The predicted octanol–water partition coefficient (Wildman–Crippen LogP) is 6.97. The number of hydrogen-bond acceptors (Lipinski definition) is 9. The van der Waals surface area contributed by atoms with Crippen LogP contribution in [0.1, 0.15) is 66.1 Å². The highest BCUT2D eigenvalue weighted by molar-refractivity contribution is 6.06. The maximum Gasteiger partial charge on any atom is 0.340 e. The third-order valence-electron chi connectivity index (χ3n) is 8.51. The Morgan fingerprint density at radius 2 is 1.77 bits per heavy atom. The first-order valence-corrected chi connectivity index (χ1v) is 16.6. The molecule has 1 spiro atoms. The number of carbonyl (C=O) groups excluding carboxylic acids is 3. The second-order valence-corrected chi connectivity index (χ2v) is 12.3. The largest absolute Gasteiger partial charge is 0.511 e. The number of aliphatic hydroxyl groups excluding tert-OH is 3. The number of hydrogen-bond donors (Lipinski definition) is 5. The first-order chi connectivity index (χ1) is 25.0. The van der Waals surface area contributed by atoms with Crippen LogP contribution < -0.4 is 10.6 Å². The molecule has 1 unspecified atom stereocenters. The molecule has 5 N–H and O–H groups in total. The number of carbonyl (C=O) groups is 3. The van der Waals surface area contributed by atoms with E-state index in [1.807, 2.05) is 6.07 Å². The van der Waals surface area contributed by atoms with Gasteiger partial charge in [0, 0.05) is 55.6 Å². The second kappa shape index (κ2) is 16.3. The van der Waals surface area contributed by atoms with Gasteiger partial charge in [0.1, 0.15) is 34.9 Å². The normalized spacial score (nSPS) is 20.8. The Kier molecular flexibility index (Phi) is 11.5. The predicted molar refractivity (Wildman–Crippen MR) is 193 cm³/mol. The Bertz CT molecular complexity index is 2080. The van der Waals surface area contributed by atoms with Crippen LogP contribution in [-0.4, -0.2) is 33.1 Å². The van der Waals surface area contributed by atoms with Gasteiger partial charge in [0.25, 0.3) is 5.91 Å². The summed E-state index contributed by atoms with van der Waals surface area (Å²) in [4.78, 5) is 38.4. The molecule has 1 atom stereocenters. The summed E-state index contributed by atoms with van der Waals surface area (Å²) in [6.45, 7) is 1.87. The van der Waals surface area contributed by atoms with E-state index < -0.39 is 23.1 Å². The summed E-state index contributed by atoms with van der Waals surface area (Å²) >= 11 is 0. The number of ether oxygens (including phenoxy) is 2. The molecule has 2 aromatic carbocycles. The maximum absolute atomic E-state index is 13.2. The number of allylic oxidation sites excluding steroid dienone is 9. The number of esters is 1. The van der Waals surface area contributed by atoms with Crippen molar-refractivity contribution < 1.29 is 39.2 Å². The van der Waals surface area contributed by atoms with Gasteiger partial charge in [-0.25, -0.2) is 4.79 Å². The minimum atomic E-state index is -1.37. The molecule has 2 heterocycles. The number of fused-ring (bicyclic) bond motifs is 5. The van der Waals surface area contributed by atoms with Gasteiger partial charge in [0.2, 0.25) is 5.91 Å². The lowest BCUT2D eigenvalue weighted by atomic mass is 9.82. The number of anilines is 1. The van der Waals surface area contributed by atoms with Crippen LogP contribution in [0.5, 0.6) is 0 Å². The summed E-state index contributed by atoms with van der Waals surface area (Å²) in [6.07, 6.45) is 17.9. The van der Waals surface area contributed by atoms with Crippen molar-refractivity contribution in [1.29, 1.82) is 5.26 Å². The number of nitrogens with one attached hydrogen (secondary N) is 2. The topological polar surface area (TPSA) is 178 Å². The number of terminal acetylenes is 1. The lowest BCUT2D eigenvalue weighted by molar-refractivity contribution is -0.121. The standard InChI is InChI=1S/C41H37N3O8/c1-3-4-9-37(47)35(24-42)39(49)44-30-15-11-27(12-16-30)7-5-10-38(48)43-25-28-13-18-34-36(21-28)41(52-40(34)50)19-6-8-31(45)20-26(2)51-33-22-29(41)14-17-32(46)23-33/h1,6,8,11-21,23,45-47H,4-5,7,9-10,22,25H2,2H3,(H,43,48)(H,44,49)/b19-6+,26-20+,31-8+,37-35-. The molecule has 11 heteroatoms. The number of amides is 2. The SMILES string of the molecule is C#CCC/C(O)=C(\C#N)C(=O)Nc1ccc(CCCC(=O)NCc2ccc3c(c2)C2(/C=C/C=C(O)\C=C(/C)OC4=CC(O)=CC=C2C4)OC3=O)cc1. The van der Waals surface area contributed by atoms with E-state index in [0.29, 0.717) is 46.7 Å². The molecule has 5 rings (SSSR count). The molecule has 0 radical (unpaired) electrons. The van der Waals surface area contributed by atoms with E-state index in [9.17, 15) is 35.0 Å². The van der Waals surface area contributed by atoms with E-state index >= 15 is 0 Å². The summed E-state index contributed by atoms with van der Waals surface area (Å²) in [6, 6.07) is 13.9. The molecule has 2 amide bonds. The van der Waals surface area contributed by atoms with Gasteiger partial charge in [0.05, 0.1) is 5.56 Å². The number of aliphatic hydroxyl groups is 3. The van der Waals surface area contributed by atoms with E-state index in [1.54, 1.807) is 67.6 Å². The lowest BCUT2D eigenvalue weighted by Gasteiger charge is -2.29. The average Bonchev–Trinajstić information content (AvgIpc) is 3.24. The van der Waals surface area contributed by atoms with Crippen molar-refractivity contribution in [2.45, 2.75) is 57.6 Å². The van der Waals surface area contributed by atoms with Gasteiger partial charge in [0.15, 0.2) is 11.2 Å². The molecule has 0 saturated carbocycles. The molecule has 1 aliphatic carbocycles. The van der Waals surface area contributed by atoms with Crippen molar-refractivity contribution >= 4 is 23.5 Å². The van der Waals surface area contributed by atoms with Gasteiger partial charge < -0.3 is 35.4 Å². The van der Waals surface area contributed by atoms with Gasteiger partial charge in [-0.1, -0.05) is 30.4 Å². The first kappa shape index (κ1) is 36.6. The molecule has 2 aliphatic heterocycles. The Balaban J connectivity index is 1.22. The fourth-order valence-corrected chi connectivity index (χ4v) is 5.96. The summed E-state index contributed by atoms with van der Waals surface area (Å²) in [5, 5.41) is 45.6.